The van der Waals surface area contributed by atoms with E-state index in [4.69, 9.17) is 16.6 Å². The van der Waals surface area contributed by atoms with Crippen LogP contribution in [0.3, 0.4) is 0 Å². The number of hydrogen-bond donors (Lipinski definition) is 3. The van der Waals surface area contributed by atoms with E-state index in [1.807, 2.05) is 0 Å². The van der Waals surface area contributed by atoms with Crippen molar-refractivity contribution in [1.82, 2.24) is 5.32 Å². The van der Waals surface area contributed by atoms with Gasteiger partial charge in [0.15, 0.2) is 6.10 Å². The first-order valence-electron chi connectivity index (χ1n) is 7.84. The van der Waals surface area contributed by atoms with Crippen molar-refractivity contribution in [1.29, 1.82) is 0 Å². The molecule has 2 aromatic carbocycles. The minimum atomic E-state index is -1.41. The number of carboxylic acids is 1. The smallest absolute Gasteiger partial charge is 0.337 e. The fourth-order valence-corrected chi connectivity index (χ4v) is 2.73. The van der Waals surface area contributed by atoms with E-state index >= 15 is 0 Å². The molecule has 5 nitrogen and oxygen atoms in total. The number of fused-ring (bicyclic) bond motifs is 1. The molecular formula is C20H23NO4. The lowest BCUT2D eigenvalue weighted by Gasteiger charge is -2.10. The Labute approximate surface area is 147 Å². The Balaban J connectivity index is 0.000000244. The number of nitrogens with one attached hydrogen (secondary N) is 1. The van der Waals surface area contributed by atoms with Gasteiger partial charge in [-0.2, -0.15) is 0 Å². The summed E-state index contributed by atoms with van der Waals surface area (Å²) >= 11 is 0. The maximum atomic E-state index is 10.2. The van der Waals surface area contributed by atoms with Gasteiger partial charge in [-0.05, 0) is 29.5 Å². The first-order valence-corrected chi connectivity index (χ1v) is 7.84. The zero-order valence-corrected chi connectivity index (χ0v) is 13.9. The van der Waals surface area contributed by atoms with Crippen LogP contribution < -0.4 is 5.32 Å². The molecule has 0 aromatic heterocycles. The van der Waals surface area contributed by atoms with E-state index in [2.05, 4.69) is 35.5 Å². The van der Waals surface area contributed by atoms with Gasteiger partial charge in [-0.3, -0.25) is 5.32 Å². The molecule has 3 rings (SSSR count). The number of carboxylic acid groups (broad SMARTS) is 1. The molecule has 0 spiro atoms. The standard InChI is InChI=1S/C12H13N.C8H8O3.H2O/c1-2-9-13-12-8-7-10-5-3-4-6-11(10)12;9-7(8(10)11)6-4-2-1-3-5-6;/h1,3-6,12-13H,7-9H2;1-5,7,9H,(H,10,11);1H2/t12-;7-;/m10./s1. The summed E-state index contributed by atoms with van der Waals surface area (Å²) in [7, 11) is 0. The summed E-state index contributed by atoms with van der Waals surface area (Å²) < 4.78 is 0. The maximum absolute atomic E-state index is 10.2. The topological polar surface area (TPSA) is 101 Å². The summed E-state index contributed by atoms with van der Waals surface area (Å²) in [6.45, 7) is 0.666. The van der Waals surface area contributed by atoms with Crippen molar-refractivity contribution < 1.29 is 20.5 Å². The van der Waals surface area contributed by atoms with Crippen LogP contribution in [0.25, 0.3) is 0 Å². The van der Waals surface area contributed by atoms with Crippen molar-refractivity contribution in [2.75, 3.05) is 6.54 Å². The second-order valence-corrected chi connectivity index (χ2v) is 5.53. The predicted molar refractivity (Wildman–Crippen MR) is 97.0 cm³/mol. The Bertz CT molecular complexity index is 709. The number of benzene rings is 2. The summed E-state index contributed by atoms with van der Waals surface area (Å²) in [5.41, 5.74) is 3.30. The molecule has 0 aliphatic heterocycles. The summed E-state index contributed by atoms with van der Waals surface area (Å²) in [6, 6.07) is 17.3. The van der Waals surface area contributed by atoms with Gasteiger partial charge in [-0.25, -0.2) is 4.79 Å². The third-order valence-electron chi connectivity index (χ3n) is 3.93. The summed E-state index contributed by atoms with van der Waals surface area (Å²) in [5, 5.41) is 20.7. The fourth-order valence-electron chi connectivity index (χ4n) is 2.73. The molecule has 0 fully saturated rings. The van der Waals surface area contributed by atoms with E-state index in [1.165, 1.54) is 24.0 Å². The lowest BCUT2D eigenvalue weighted by atomic mass is 10.1. The number of rotatable bonds is 4. The number of hydrogen-bond acceptors (Lipinski definition) is 3. The molecule has 2 aromatic rings. The van der Waals surface area contributed by atoms with E-state index in [0.29, 0.717) is 18.2 Å². The number of aliphatic hydroxyl groups is 1. The molecule has 132 valence electrons. The highest BCUT2D eigenvalue weighted by Gasteiger charge is 2.20. The zero-order valence-electron chi connectivity index (χ0n) is 13.9. The van der Waals surface area contributed by atoms with Crippen LogP contribution in [-0.4, -0.2) is 28.2 Å². The number of aryl methyl sites for hydroxylation is 1. The molecule has 25 heavy (non-hydrogen) atoms. The molecule has 0 radical (unpaired) electrons. The lowest BCUT2D eigenvalue weighted by molar-refractivity contribution is -0.146. The third kappa shape index (κ3) is 5.73. The number of carbonyl (C=O) groups is 1. The zero-order chi connectivity index (χ0) is 17.4. The van der Waals surface area contributed by atoms with E-state index in [-0.39, 0.29) is 5.48 Å². The summed E-state index contributed by atoms with van der Waals surface area (Å²) in [4.78, 5) is 10.2. The molecule has 0 amide bonds. The maximum Gasteiger partial charge on any atom is 0.337 e. The van der Waals surface area contributed by atoms with Crippen LogP contribution in [0.15, 0.2) is 54.6 Å². The second-order valence-electron chi connectivity index (χ2n) is 5.53. The van der Waals surface area contributed by atoms with Crippen molar-refractivity contribution in [3.63, 3.8) is 0 Å². The molecule has 0 heterocycles. The molecular weight excluding hydrogens is 318 g/mol. The first-order chi connectivity index (χ1) is 11.6. The summed E-state index contributed by atoms with van der Waals surface area (Å²) in [6.07, 6.45) is 6.17. The van der Waals surface area contributed by atoms with Gasteiger partial charge in [0.25, 0.3) is 0 Å². The van der Waals surface area contributed by atoms with Gasteiger partial charge >= 0.3 is 5.97 Å². The lowest BCUT2D eigenvalue weighted by Crippen LogP contribution is -2.19. The molecule has 0 saturated carbocycles. The van der Waals surface area contributed by atoms with Crippen molar-refractivity contribution in [3.05, 3.63) is 71.3 Å². The van der Waals surface area contributed by atoms with Crippen molar-refractivity contribution in [2.24, 2.45) is 0 Å². The average Bonchev–Trinajstić information content (AvgIpc) is 3.03. The quantitative estimate of drug-likeness (QED) is 0.739. The van der Waals surface area contributed by atoms with E-state index in [1.54, 1.807) is 30.3 Å². The Morgan fingerprint density at radius 3 is 2.48 bits per heavy atom. The van der Waals surface area contributed by atoms with E-state index < -0.39 is 12.1 Å². The highest BCUT2D eigenvalue weighted by Crippen LogP contribution is 2.30. The molecule has 0 saturated heterocycles. The molecule has 2 atom stereocenters. The van der Waals surface area contributed by atoms with Gasteiger partial charge in [-0.15, -0.1) is 6.42 Å². The normalized spacial score (nSPS) is 15.6. The number of aliphatic hydroxyl groups excluding tert-OH is 1. The molecule has 0 bridgehead atoms. The summed E-state index contributed by atoms with van der Waals surface area (Å²) in [5.74, 6) is 1.39. The molecule has 5 heteroatoms. The molecule has 1 aliphatic carbocycles. The van der Waals surface area contributed by atoms with Crippen molar-refractivity contribution in [2.45, 2.75) is 25.0 Å². The Morgan fingerprint density at radius 2 is 1.84 bits per heavy atom. The Morgan fingerprint density at radius 1 is 1.20 bits per heavy atom. The van der Waals surface area contributed by atoms with Gasteiger partial charge < -0.3 is 15.7 Å². The fraction of sp³-hybridized carbons (Fsp3) is 0.250. The van der Waals surface area contributed by atoms with Crippen LogP contribution in [0.1, 0.15) is 35.3 Å². The van der Waals surface area contributed by atoms with E-state index in [9.17, 15) is 4.79 Å². The van der Waals surface area contributed by atoms with Crippen molar-refractivity contribution in [3.8, 4) is 12.3 Å². The highest BCUT2D eigenvalue weighted by atomic mass is 16.4. The minimum Gasteiger partial charge on any atom is -0.479 e. The second kappa shape index (κ2) is 10.3. The van der Waals surface area contributed by atoms with Gasteiger partial charge in [0.05, 0.1) is 6.54 Å². The SMILES string of the molecule is C#CCN[C@@H]1CCc2ccccc21.O.O=C(O)[C@@H](O)c1ccccc1. The van der Waals surface area contributed by atoms with Gasteiger partial charge in [-0.1, -0.05) is 60.5 Å². The molecule has 0 unspecified atom stereocenters. The van der Waals surface area contributed by atoms with Gasteiger partial charge in [0.2, 0.25) is 0 Å². The highest BCUT2D eigenvalue weighted by molar-refractivity contribution is 5.73. The van der Waals surface area contributed by atoms with Crippen molar-refractivity contribution >= 4 is 5.97 Å². The van der Waals surface area contributed by atoms with Gasteiger partial charge in [0.1, 0.15) is 0 Å². The predicted octanol–water partition coefficient (Wildman–Crippen LogP) is 1.88. The largest absolute Gasteiger partial charge is 0.479 e. The van der Waals surface area contributed by atoms with Crippen LogP contribution >= 0.6 is 0 Å². The van der Waals surface area contributed by atoms with Gasteiger partial charge in [0, 0.05) is 6.04 Å². The van der Waals surface area contributed by atoms with E-state index in [0.717, 1.165) is 0 Å². The number of terminal acetylenes is 1. The molecule has 1 aliphatic rings. The number of aliphatic carboxylic acids is 1. The van der Waals surface area contributed by atoms with Crippen LogP contribution in [0, 0.1) is 12.3 Å². The Hall–Kier alpha value is -2.65. The van der Waals surface area contributed by atoms with Crippen LogP contribution in [0.4, 0.5) is 0 Å². The minimum absolute atomic E-state index is 0. The van der Waals surface area contributed by atoms with Crippen LogP contribution in [-0.2, 0) is 11.2 Å². The Kier molecular flexibility index (Phi) is 8.37. The third-order valence-corrected chi connectivity index (χ3v) is 3.93. The van der Waals surface area contributed by atoms with Crippen LogP contribution in [0.2, 0.25) is 0 Å². The first kappa shape index (κ1) is 20.4. The average molecular weight is 341 g/mol. The monoisotopic (exact) mass is 341 g/mol. The molecule has 5 N–H and O–H groups in total. The van der Waals surface area contributed by atoms with Crippen LogP contribution in [0.5, 0.6) is 0 Å².